The first-order chi connectivity index (χ1) is 11.0. The van der Waals surface area contributed by atoms with Crippen molar-refractivity contribution in [2.75, 3.05) is 5.01 Å². The van der Waals surface area contributed by atoms with Crippen LogP contribution in [0.5, 0.6) is 0 Å². The van der Waals surface area contributed by atoms with Gasteiger partial charge in [-0.05, 0) is 35.9 Å². The largest absolute Gasteiger partial charge is 0.435 e. The zero-order valence-corrected chi connectivity index (χ0v) is 11.7. The van der Waals surface area contributed by atoms with E-state index >= 15 is 0 Å². The maximum atomic E-state index is 13.2. The minimum atomic E-state index is -4.72. The van der Waals surface area contributed by atoms with Crippen LogP contribution in [0, 0.1) is 0 Å². The summed E-state index contributed by atoms with van der Waals surface area (Å²) in [6, 6.07) is 11.0. The van der Waals surface area contributed by atoms with Crippen LogP contribution in [0.1, 0.15) is 5.56 Å². The summed E-state index contributed by atoms with van der Waals surface area (Å²) in [7, 11) is 0. The van der Waals surface area contributed by atoms with Gasteiger partial charge in [0.25, 0.3) is 5.91 Å². The second-order valence-corrected chi connectivity index (χ2v) is 4.74. The fourth-order valence-corrected chi connectivity index (χ4v) is 2.12. The third kappa shape index (κ3) is 2.98. The number of benzene rings is 1. The lowest BCUT2D eigenvalue weighted by Crippen LogP contribution is -2.25. The topological polar surface area (TPSA) is 45.6 Å². The second-order valence-electron chi connectivity index (χ2n) is 4.74. The molecule has 0 radical (unpaired) electrons. The number of hydrogen-bond acceptors (Lipinski definition) is 3. The van der Waals surface area contributed by atoms with Gasteiger partial charge in [-0.2, -0.15) is 23.3 Å². The molecule has 4 nitrogen and oxygen atoms in total. The molecule has 116 valence electrons. The number of alkyl halides is 3. The molecule has 0 saturated carbocycles. The number of nitrogens with zero attached hydrogens (tertiary/aromatic N) is 3. The van der Waals surface area contributed by atoms with Crippen LogP contribution in [-0.4, -0.2) is 22.8 Å². The standard InChI is InChI=1S/C16H10F3N3O/c17-16(18,19)14-13(10-11-6-8-20-9-7-11)15(23)22(21-14)12-4-2-1-3-5-12/h1-10H/b13-10-. The highest BCUT2D eigenvalue weighted by Crippen LogP contribution is 2.32. The average Bonchev–Trinajstić information content (AvgIpc) is 2.86. The van der Waals surface area contributed by atoms with E-state index in [1.807, 2.05) is 0 Å². The van der Waals surface area contributed by atoms with E-state index in [-0.39, 0.29) is 5.69 Å². The van der Waals surface area contributed by atoms with Gasteiger partial charge in [-0.15, -0.1) is 0 Å². The molecule has 0 spiro atoms. The van der Waals surface area contributed by atoms with E-state index in [0.717, 1.165) is 5.01 Å². The number of pyridine rings is 1. The first-order valence-electron chi connectivity index (χ1n) is 6.64. The molecule has 1 aliphatic heterocycles. The Morgan fingerprint density at radius 2 is 1.65 bits per heavy atom. The highest BCUT2D eigenvalue weighted by Gasteiger charge is 2.46. The van der Waals surface area contributed by atoms with Crippen molar-refractivity contribution in [2.24, 2.45) is 5.10 Å². The Morgan fingerprint density at radius 3 is 2.26 bits per heavy atom. The number of amides is 1. The molecule has 1 aromatic carbocycles. The molecule has 23 heavy (non-hydrogen) atoms. The van der Waals surface area contributed by atoms with E-state index in [4.69, 9.17) is 0 Å². The summed E-state index contributed by atoms with van der Waals surface area (Å²) in [5.74, 6) is -0.819. The molecule has 2 aromatic rings. The summed E-state index contributed by atoms with van der Waals surface area (Å²) >= 11 is 0. The van der Waals surface area contributed by atoms with E-state index in [2.05, 4.69) is 10.1 Å². The minimum Gasteiger partial charge on any atom is -0.267 e. The monoisotopic (exact) mass is 317 g/mol. The smallest absolute Gasteiger partial charge is 0.267 e. The van der Waals surface area contributed by atoms with Crippen molar-refractivity contribution in [1.29, 1.82) is 0 Å². The van der Waals surface area contributed by atoms with E-state index in [1.165, 1.54) is 42.7 Å². The maximum Gasteiger partial charge on any atom is 0.435 e. The van der Waals surface area contributed by atoms with Gasteiger partial charge < -0.3 is 0 Å². The van der Waals surface area contributed by atoms with Crippen molar-refractivity contribution in [3.8, 4) is 0 Å². The van der Waals surface area contributed by atoms with Crippen LogP contribution in [-0.2, 0) is 4.79 Å². The van der Waals surface area contributed by atoms with Crippen LogP contribution < -0.4 is 5.01 Å². The first-order valence-corrected chi connectivity index (χ1v) is 6.64. The number of para-hydroxylation sites is 1. The molecular formula is C16H10F3N3O. The summed E-state index contributed by atoms with van der Waals surface area (Å²) in [5.41, 5.74) is -0.983. The van der Waals surface area contributed by atoms with Crippen LogP contribution in [0.2, 0.25) is 0 Å². The number of rotatable bonds is 2. The predicted octanol–water partition coefficient (Wildman–Crippen LogP) is 3.43. The Balaban J connectivity index is 2.08. The van der Waals surface area contributed by atoms with Gasteiger partial charge in [-0.1, -0.05) is 18.2 Å². The Morgan fingerprint density at radius 1 is 1.00 bits per heavy atom. The normalized spacial score (nSPS) is 16.8. The van der Waals surface area contributed by atoms with Gasteiger partial charge in [0.05, 0.1) is 11.3 Å². The molecule has 0 unspecified atom stereocenters. The van der Waals surface area contributed by atoms with Crippen LogP contribution in [0.4, 0.5) is 18.9 Å². The van der Waals surface area contributed by atoms with Gasteiger partial charge in [0.2, 0.25) is 0 Å². The van der Waals surface area contributed by atoms with Crippen molar-refractivity contribution in [3.63, 3.8) is 0 Å². The maximum absolute atomic E-state index is 13.2. The molecule has 7 heteroatoms. The summed E-state index contributed by atoms with van der Waals surface area (Å²) in [5, 5.41) is 4.24. The Hall–Kier alpha value is -2.96. The molecule has 1 aromatic heterocycles. The van der Waals surface area contributed by atoms with E-state index < -0.39 is 23.4 Å². The molecule has 1 aliphatic rings. The predicted molar refractivity (Wildman–Crippen MR) is 79.6 cm³/mol. The highest BCUT2D eigenvalue weighted by molar-refractivity contribution is 6.34. The molecule has 0 N–H and O–H groups in total. The molecule has 3 rings (SSSR count). The number of carbonyl (C=O) groups is 1. The van der Waals surface area contributed by atoms with E-state index in [0.29, 0.717) is 5.56 Å². The fraction of sp³-hybridized carbons (Fsp3) is 0.0625. The lowest BCUT2D eigenvalue weighted by molar-refractivity contribution is -0.114. The SMILES string of the molecule is O=C1/C(=C\c2ccncc2)C(C(F)(F)F)=NN1c1ccccc1. The average molecular weight is 317 g/mol. The van der Waals surface area contributed by atoms with Gasteiger partial charge in [0.1, 0.15) is 0 Å². The number of hydrogen-bond donors (Lipinski definition) is 0. The second kappa shape index (κ2) is 5.68. The Labute approximate surface area is 129 Å². The van der Waals surface area contributed by atoms with E-state index in [9.17, 15) is 18.0 Å². The van der Waals surface area contributed by atoms with Gasteiger partial charge >= 0.3 is 6.18 Å². The van der Waals surface area contributed by atoms with Gasteiger partial charge in [-0.3, -0.25) is 9.78 Å². The van der Waals surface area contributed by atoms with Crippen LogP contribution in [0.15, 0.2) is 65.5 Å². The minimum absolute atomic E-state index is 0.275. The third-order valence-corrected chi connectivity index (χ3v) is 3.16. The van der Waals surface area contributed by atoms with Crippen molar-refractivity contribution < 1.29 is 18.0 Å². The van der Waals surface area contributed by atoms with Crippen LogP contribution >= 0.6 is 0 Å². The molecule has 0 saturated heterocycles. The number of anilines is 1. The Bertz CT molecular complexity index is 783. The number of hydrazone groups is 1. The molecule has 0 aliphatic carbocycles. The number of halogens is 3. The molecule has 1 amide bonds. The zero-order chi connectivity index (χ0) is 16.4. The van der Waals surface area contributed by atoms with Crippen LogP contribution in [0.3, 0.4) is 0 Å². The highest BCUT2D eigenvalue weighted by atomic mass is 19.4. The van der Waals surface area contributed by atoms with Crippen molar-refractivity contribution in [3.05, 3.63) is 66.0 Å². The molecule has 0 bridgehead atoms. The first kappa shape index (κ1) is 15.0. The third-order valence-electron chi connectivity index (χ3n) is 3.16. The fourth-order valence-electron chi connectivity index (χ4n) is 2.12. The molecule has 2 heterocycles. The van der Waals surface area contributed by atoms with Gasteiger partial charge in [0, 0.05) is 12.4 Å². The summed E-state index contributed by atoms with van der Waals surface area (Å²) in [4.78, 5) is 16.2. The number of carbonyl (C=O) groups excluding carboxylic acids is 1. The Kier molecular flexibility index (Phi) is 3.69. The van der Waals surface area contributed by atoms with Crippen molar-refractivity contribution >= 4 is 23.4 Å². The van der Waals surface area contributed by atoms with Crippen LogP contribution in [0.25, 0.3) is 6.08 Å². The molecule has 0 atom stereocenters. The van der Waals surface area contributed by atoms with Crippen molar-refractivity contribution in [2.45, 2.75) is 6.18 Å². The summed E-state index contributed by atoms with van der Waals surface area (Å²) < 4.78 is 39.6. The van der Waals surface area contributed by atoms with Crippen molar-refractivity contribution in [1.82, 2.24) is 4.98 Å². The lowest BCUT2D eigenvalue weighted by atomic mass is 10.1. The number of aromatic nitrogens is 1. The van der Waals surface area contributed by atoms with Gasteiger partial charge in [-0.25, -0.2) is 0 Å². The summed E-state index contributed by atoms with van der Waals surface area (Å²) in [6.07, 6.45) is -0.687. The molecular weight excluding hydrogens is 307 g/mol. The molecule has 0 fully saturated rings. The lowest BCUT2D eigenvalue weighted by Gasteiger charge is -2.10. The quantitative estimate of drug-likeness (QED) is 0.797. The summed E-state index contributed by atoms with van der Waals surface area (Å²) in [6.45, 7) is 0. The zero-order valence-electron chi connectivity index (χ0n) is 11.7. The van der Waals surface area contributed by atoms with E-state index in [1.54, 1.807) is 18.2 Å². The van der Waals surface area contributed by atoms with Gasteiger partial charge in [0.15, 0.2) is 5.71 Å².